The molecule has 0 aromatic heterocycles. The summed E-state index contributed by atoms with van der Waals surface area (Å²) in [6.07, 6.45) is 2.92. The lowest BCUT2D eigenvalue weighted by Crippen LogP contribution is -1.98. The van der Waals surface area contributed by atoms with Crippen molar-refractivity contribution < 1.29 is 19.4 Å². The zero-order valence-corrected chi connectivity index (χ0v) is 7.66. The SMILES string of the molecule is C[C@H](C/C=C(\F)C(=O)O)CCCO. The van der Waals surface area contributed by atoms with Crippen molar-refractivity contribution >= 4 is 5.97 Å². The summed E-state index contributed by atoms with van der Waals surface area (Å²) >= 11 is 0. The maximum absolute atomic E-state index is 12.4. The van der Waals surface area contributed by atoms with E-state index in [-0.39, 0.29) is 12.5 Å². The fourth-order valence-corrected chi connectivity index (χ4v) is 0.950. The molecule has 0 saturated heterocycles. The minimum absolute atomic E-state index is 0.121. The normalized spacial score (nSPS) is 14.2. The zero-order valence-electron chi connectivity index (χ0n) is 7.66. The molecular formula is C9H15FO3. The van der Waals surface area contributed by atoms with Crippen LogP contribution in [0.2, 0.25) is 0 Å². The van der Waals surface area contributed by atoms with Gasteiger partial charge in [-0.25, -0.2) is 4.79 Å². The van der Waals surface area contributed by atoms with Crippen LogP contribution < -0.4 is 0 Å². The Morgan fingerprint density at radius 3 is 2.69 bits per heavy atom. The summed E-state index contributed by atoms with van der Waals surface area (Å²) < 4.78 is 12.4. The van der Waals surface area contributed by atoms with Crippen LogP contribution in [0.5, 0.6) is 0 Å². The van der Waals surface area contributed by atoms with Gasteiger partial charge >= 0.3 is 5.97 Å². The molecule has 0 fully saturated rings. The Morgan fingerprint density at radius 2 is 2.23 bits per heavy atom. The van der Waals surface area contributed by atoms with E-state index in [0.717, 1.165) is 12.5 Å². The van der Waals surface area contributed by atoms with E-state index in [1.807, 2.05) is 6.92 Å². The summed E-state index contributed by atoms with van der Waals surface area (Å²) in [5, 5.41) is 16.7. The summed E-state index contributed by atoms with van der Waals surface area (Å²) in [5.74, 6) is -2.41. The van der Waals surface area contributed by atoms with Gasteiger partial charge in [0.2, 0.25) is 5.83 Å². The number of aliphatic carboxylic acids is 1. The molecule has 0 rings (SSSR count). The fraction of sp³-hybridized carbons (Fsp3) is 0.667. The molecule has 0 aliphatic heterocycles. The number of carbonyl (C=O) groups is 1. The monoisotopic (exact) mass is 190 g/mol. The van der Waals surface area contributed by atoms with Crippen LogP contribution in [0.25, 0.3) is 0 Å². The molecular weight excluding hydrogens is 175 g/mol. The topological polar surface area (TPSA) is 57.5 Å². The van der Waals surface area contributed by atoms with Crippen LogP contribution in [0.3, 0.4) is 0 Å². The van der Waals surface area contributed by atoms with Crippen LogP contribution in [0.4, 0.5) is 4.39 Å². The van der Waals surface area contributed by atoms with Crippen molar-refractivity contribution in [3.05, 3.63) is 11.9 Å². The van der Waals surface area contributed by atoms with Crippen molar-refractivity contribution in [3.8, 4) is 0 Å². The Kier molecular flexibility index (Phi) is 6.14. The molecule has 0 spiro atoms. The fourth-order valence-electron chi connectivity index (χ4n) is 0.950. The third kappa shape index (κ3) is 6.28. The zero-order chi connectivity index (χ0) is 10.3. The molecule has 2 N–H and O–H groups in total. The highest BCUT2D eigenvalue weighted by Crippen LogP contribution is 2.12. The van der Waals surface area contributed by atoms with Crippen LogP contribution in [0.1, 0.15) is 26.2 Å². The number of carboxylic acids is 1. The molecule has 13 heavy (non-hydrogen) atoms. The van der Waals surface area contributed by atoms with Gasteiger partial charge in [-0.2, -0.15) is 4.39 Å². The first-order valence-electron chi connectivity index (χ1n) is 4.27. The molecule has 0 aliphatic carbocycles. The van der Waals surface area contributed by atoms with Crippen molar-refractivity contribution in [2.24, 2.45) is 5.92 Å². The summed E-state index contributed by atoms with van der Waals surface area (Å²) in [6.45, 7) is 2.01. The number of allylic oxidation sites excluding steroid dienone is 1. The van der Waals surface area contributed by atoms with Gasteiger partial charge in [-0.15, -0.1) is 0 Å². The highest BCUT2D eigenvalue weighted by Gasteiger charge is 2.06. The van der Waals surface area contributed by atoms with E-state index in [9.17, 15) is 9.18 Å². The standard InChI is InChI=1S/C9H15FO3/c1-7(3-2-6-11)4-5-8(10)9(12)13/h5,7,11H,2-4,6H2,1H3,(H,12,13)/b8-5-/t7-/m0/s1. The molecule has 0 saturated carbocycles. The number of hydrogen-bond acceptors (Lipinski definition) is 2. The largest absolute Gasteiger partial charge is 0.476 e. The minimum atomic E-state index is -1.52. The molecule has 0 radical (unpaired) electrons. The molecule has 0 aromatic carbocycles. The molecule has 0 bridgehead atoms. The second kappa shape index (κ2) is 6.60. The second-order valence-corrected chi connectivity index (χ2v) is 3.06. The molecule has 0 amide bonds. The molecule has 4 heteroatoms. The average molecular weight is 190 g/mol. The number of hydrogen-bond donors (Lipinski definition) is 2. The number of carboxylic acid groups (broad SMARTS) is 1. The Morgan fingerprint density at radius 1 is 1.62 bits per heavy atom. The van der Waals surface area contributed by atoms with Gasteiger partial charge in [-0.05, 0) is 31.3 Å². The number of aliphatic hydroxyl groups excluding tert-OH is 1. The van der Waals surface area contributed by atoms with Crippen molar-refractivity contribution in [1.82, 2.24) is 0 Å². The lowest BCUT2D eigenvalue weighted by atomic mass is 10.0. The minimum Gasteiger partial charge on any atom is -0.476 e. The smallest absolute Gasteiger partial charge is 0.364 e. The quantitative estimate of drug-likeness (QED) is 0.627. The highest BCUT2D eigenvalue weighted by molar-refractivity contribution is 5.83. The summed E-state index contributed by atoms with van der Waals surface area (Å²) in [6, 6.07) is 0. The Labute approximate surface area is 76.9 Å². The van der Waals surface area contributed by atoms with E-state index < -0.39 is 11.8 Å². The van der Waals surface area contributed by atoms with Gasteiger partial charge in [0.1, 0.15) is 0 Å². The number of aliphatic hydroxyl groups is 1. The van der Waals surface area contributed by atoms with E-state index in [1.165, 1.54) is 0 Å². The third-order valence-electron chi connectivity index (χ3n) is 1.76. The maximum atomic E-state index is 12.4. The third-order valence-corrected chi connectivity index (χ3v) is 1.76. The van der Waals surface area contributed by atoms with Crippen molar-refractivity contribution in [1.29, 1.82) is 0 Å². The van der Waals surface area contributed by atoms with Crippen molar-refractivity contribution in [2.45, 2.75) is 26.2 Å². The van der Waals surface area contributed by atoms with Crippen molar-refractivity contribution in [3.63, 3.8) is 0 Å². The van der Waals surface area contributed by atoms with Gasteiger partial charge < -0.3 is 10.2 Å². The molecule has 0 unspecified atom stereocenters. The predicted octanol–water partition coefficient (Wildman–Crippen LogP) is 1.72. The second-order valence-electron chi connectivity index (χ2n) is 3.06. The highest BCUT2D eigenvalue weighted by atomic mass is 19.1. The first-order valence-corrected chi connectivity index (χ1v) is 4.27. The van der Waals surface area contributed by atoms with Crippen LogP contribution in [-0.4, -0.2) is 22.8 Å². The molecule has 0 aliphatic rings. The van der Waals surface area contributed by atoms with Gasteiger partial charge in [0.15, 0.2) is 0 Å². The van der Waals surface area contributed by atoms with Gasteiger partial charge in [-0.1, -0.05) is 6.92 Å². The Bertz CT molecular complexity index is 189. The summed E-state index contributed by atoms with van der Waals surface area (Å²) in [5.41, 5.74) is 0. The molecule has 3 nitrogen and oxygen atoms in total. The van der Waals surface area contributed by atoms with E-state index in [1.54, 1.807) is 0 Å². The predicted molar refractivity (Wildman–Crippen MR) is 46.9 cm³/mol. The van der Waals surface area contributed by atoms with E-state index in [2.05, 4.69) is 0 Å². The van der Waals surface area contributed by atoms with Crippen molar-refractivity contribution in [2.75, 3.05) is 6.61 Å². The Hall–Kier alpha value is -0.900. The van der Waals surface area contributed by atoms with E-state index in [0.29, 0.717) is 12.8 Å². The maximum Gasteiger partial charge on any atom is 0.364 e. The average Bonchev–Trinajstić information content (AvgIpc) is 2.10. The lowest BCUT2D eigenvalue weighted by Gasteiger charge is -2.05. The van der Waals surface area contributed by atoms with E-state index in [4.69, 9.17) is 10.2 Å². The van der Waals surface area contributed by atoms with Gasteiger partial charge in [-0.3, -0.25) is 0 Å². The summed E-state index contributed by atoms with van der Waals surface area (Å²) in [4.78, 5) is 10.0. The molecule has 0 heterocycles. The first kappa shape index (κ1) is 12.1. The van der Waals surface area contributed by atoms with Crippen LogP contribution in [0.15, 0.2) is 11.9 Å². The number of halogens is 1. The van der Waals surface area contributed by atoms with Crippen LogP contribution >= 0.6 is 0 Å². The van der Waals surface area contributed by atoms with Gasteiger partial charge in [0.25, 0.3) is 0 Å². The molecule has 0 aromatic rings. The lowest BCUT2D eigenvalue weighted by molar-refractivity contribution is -0.134. The summed E-state index contributed by atoms with van der Waals surface area (Å²) in [7, 11) is 0. The Balaban J connectivity index is 3.73. The number of rotatable bonds is 6. The van der Waals surface area contributed by atoms with Gasteiger partial charge in [0.05, 0.1) is 0 Å². The van der Waals surface area contributed by atoms with Gasteiger partial charge in [0, 0.05) is 6.61 Å². The van der Waals surface area contributed by atoms with E-state index >= 15 is 0 Å². The molecule has 76 valence electrons. The molecule has 1 atom stereocenters. The first-order chi connectivity index (χ1) is 6.07. The van der Waals surface area contributed by atoms with Crippen LogP contribution in [0, 0.1) is 5.92 Å². The van der Waals surface area contributed by atoms with Crippen LogP contribution in [-0.2, 0) is 4.79 Å².